The van der Waals surface area contributed by atoms with E-state index in [9.17, 15) is 9.59 Å². The van der Waals surface area contributed by atoms with Gasteiger partial charge >= 0.3 is 5.69 Å². The lowest BCUT2D eigenvalue weighted by atomic mass is 10.2. The number of rotatable bonds is 2. The first-order valence-corrected chi connectivity index (χ1v) is 6.14. The van der Waals surface area contributed by atoms with Crippen LogP contribution >= 0.6 is 11.6 Å². The summed E-state index contributed by atoms with van der Waals surface area (Å²) in [5.74, 6) is -0.338. The van der Waals surface area contributed by atoms with Crippen molar-refractivity contribution in [3.63, 3.8) is 0 Å². The van der Waals surface area contributed by atoms with Crippen LogP contribution in [0.4, 0.5) is 5.69 Å². The Labute approximate surface area is 117 Å². The van der Waals surface area contributed by atoms with E-state index in [1.165, 1.54) is 18.5 Å². The van der Waals surface area contributed by atoms with Crippen LogP contribution in [0.5, 0.6) is 0 Å². The number of H-pyrrole nitrogens is 2. The smallest absolute Gasteiger partial charge is 0.322 e. The average Bonchev–Trinajstić information content (AvgIpc) is 2.78. The molecule has 7 heteroatoms. The van der Waals surface area contributed by atoms with Crippen molar-refractivity contribution >= 4 is 34.2 Å². The lowest BCUT2D eigenvalue weighted by molar-refractivity contribution is 0.102. The first-order chi connectivity index (χ1) is 9.63. The molecule has 0 atom stereocenters. The van der Waals surface area contributed by atoms with Gasteiger partial charge in [-0.05, 0) is 24.3 Å². The number of pyridine rings is 1. The number of aromatic amines is 2. The number of imidazole rings is 1. The summed E-state index contributed by atoms with van der Waals surface area (Å²) in [4.78, 5) is 32.3. The number of amides is 1. The van der Waals surface area contributed by atoms with Crippen LogP contribution in [0.3, 0.4) is 0 Å². The molecule has 1 aromatic carbocycles. The van der Waals surface area contributed by atoms with E-state index in [0.717, 1.165) is 0 Å². The molecule has 100 valence electrons. The summed E-state index contributed by atoms with van der Waals surface area (Å²) in [6.45, 7) is 0. The predicted octanol–water partition coefficient (Wildman–Crippen LogP) is 2.16. The molecule has 0 saturated heterocycles. The Morgan fingerprint density at radius 2 is 2.00 bits per heavy atom. The maximum atomic E-state index is 12.1. The normalized spacial score (nSPS) is 10.7. The van der Waals surface area contributed by atoms with Gasteiger partial charge in [0.05, 0.1) is 21.6 Å². The fourth-order valence-electron chi connectivity index (χ4n) is 1.87. The minimum atomic E-state index is -0.338. The van der Waals surface area contributed by atoms with Gasteiger partial charge in [-0.3, -0.25) is 9.78 Å². The van der Waals surface area contributed by atoms with Crippen LogP contribution in [0.2, 0.25) is 5.02 Å². The van der Waals surface area contributed by atoms with Gasteiger partial charge in [-0.25, -0.2) is 4.79 Å². The summed E-state index contributed by atoms with van der Waals surface area (Å²) in [6.07, 6.45) is 2.90. The van der Waals surface area contributed by atoms with Gasteiger partial charge in [0.1, 0.15) is 0 Å². The molecule has 0 saturated carbocycles. The second kappa shape index (κ2) is 4.82. The molecular weight excluding hydrogens is 280 g/mol. The number of fused-ring (bicyclic) bond motifs is 1. The van der Waals surface area contributed by atoms with Crippen molar-refractivity contribution in [3.8, 4) is 0 Å². The zero-order valence-corrected chi connectivity index (χ0v) is 10.9. The molecule has 2 aromatic heterocycles. The van der Waals surface area contributed by atoms with Gasteiger partial charge in [0.2, 0.25) is 0 Å². The fourth-order valence-corrected chi connectivity index (χ4v) is 2.07. The summed E-state index contributed by atoms with van der Waals surface area (Å²) in [7, 11) is 0. The van der Waals surface area contributed by atoms with Crippen molar-refractivity contribution in [2.75, 3.05) is 5.32 Å². The highest BCUT2D eigenvalue weighted by Gasteiger charge is 2.10. The van der Waals surface area contributed by atoms with Crippen molar-refractivity contribution in [1.82, 2.24) is 15.0 Å². The van der Waals surface area contributed by atoms with Crippen LogP contribution in [0.25, 0.3) is 11.0 Å². The molecule has 0 spiro atoms. The van der Waals surface area contributed by atoms with E-state index in [4.69, 9.17) is 11.6 Å². The summed E-state index contributed by atoms with van der Waals surface area (Å²) >= 11 is 5.91. The highest BCUT2D eigenvalue weighted by atomic mass is 35.5. The van der Waals surface area contributed by atoms with E-state index >= 15 is 0 Å². The number of benzene rings is 1. The van der Waals surface area contributed by atoms with Crippen molar-refractivity contribution in [1.29, 1.82) is 0 Å². The third kappa shape index (κ3) is 2.28. The Bertz CT molecular complexity index is 853. The van der Waals surface area contributed by atoms with Gasteiger partial charge < -0.3 is 15.3 Å². The molecule has 0 bridgehead atoms. The minimum Gasteiger partial charge on any atom is -0.322 e. The highest BCUT2D eigenvalue weighted by molar-refractivity contribution is 6.34. The van der Waals surface area contributed by atoms with E-state index in [-0.39, 0.29) is 16.6 Å². The molecular formula is C13H9ClN4O2. The maximum Gasteiger partial charge on any atom is 0.323 e. The lowest BCUT2D eigenvalue weighted by Gasteiger charge is -2.06. The number of hydrogen-bond donors (Lipinski definition) is 3. The molecule has 0 radical (unpaired) electrons. The van der Waals surface area contributed by atoms with Gasteiger partial charge in [0.15, 0.2) is 0 Å². The number of nitrogens with one attached hydrogen (secondary N) is 3. The predicted molar refractivity (Wildman–Crippen MR) is 76.1 cm³/mol. The number of nitrogens with zero attached hydrogens (tertiary/aromatic N) is 1. The molecule has 0 aliphatic heterocycles. The highest BCUT2D eigenvalue weighted by Crippen LogP contribution is 2.18. The molecule has 6 nitrogen and oxygen atoms in total. The number of halogens is 1. The zero-order valence-electron chi connectivity index (χ0n) is 10.1. The molecule has 1 amide bonds. The monoisotopic (exact) mass is 288 g/mol. The maximum absolute atomic E-state index is 12.1. The van der Waals surface area contributed by atoms with Crippen LogP contribution in [0.1, 0.15) is 10.4 Å². The minimum absolute atomic E-state index is 0.279. The molecule has 0 aliphatic rings. The fraction of sp³-hybridized carbons (Fsp3) is 0. The SMILES string of the molecule is O=C(Nc1ccc2[nH]c(=O)[nH]c2c1)c1ccncc1Cl. The van der Waals surface area contributed by atoms with E-state index in [0.29, 0.717) is 22.3 Å². The summed E-state index contributed by atoms with van der Waals surface area (Å²) in [5.41, 5.74) is 1.90. The Hall–Kier alpha value is -2.60. The molecule has 0 unspecified atom stereocenters. The topological polar surface area (TPSA) is 90.6 Å². The van der Waals surface area contributed by atoms with Crippen molar-refractivity contribution in [2.45, 2.75) is 0 Å². The van der Waals surface area contributed by atoms with Crippen LogP contribution < -0.4 is 11.0 Å². The number of carbonyl (C=O) groups is 1. The number of aromatic nitrogens is 3. The van der Waals surface area contributed by atoms with Crippen LogP contribution in [-0.2, 0) is 0 Å². The summed E-state index contributed by atoms with van der Waals surface area (Å²) < 4.78 is 0. The molecule has 3 aromatic rings. The Balaban J connectivity index is 1.91. The van der Waals surface area contributed by atoms with Crippen LogP contribution in [-0.4, -0.2) is 20.9 Å². The third-order valence-electron chi connectivity index (χ3n) is 2.79. The first-order valence-electron chi connectivity index (χ1n) is 5.76. The van der Waals surface area contributed by atoms with Crippen molar-refractivity contribution < 1.29 is 4.79 Å². The Morgan fingerprint density at radius 1 is 1.20 bits per heavy atom. The van der Waals surface area contributed by atoms with Crippen LogP contribution in [0.15, 0.2) is 41.5 Å². The zero-order chi connectivity index (χ0) is 14.1. The van der Waals surface area contributed by atoms with E-state index in [1.54, 1.807) is 18.2 Å². The van der Waals surface area contributed by atoms with Gasteiger partial charge in [0, 0.05) is 18.1 Å². The number of hydrogen-bond acceptors (Lipinski definition) is 3. The van der Waals surface area contributed by atoms with Crippen molar-refractivity contribution in [3.05, 3.63) is 57.7 Å². The van der Waals surface area contributed by atoms with E-state index < -0.39 is 0 Å². The number of carbonyl (C=O) groups excluding carboxylic acids is 1. The van der Waals surface area contributed by atoms with E-state index in [2.05, 4.69) is 20.3 Å². The van der Waals surface area contributed by atoms with Crippen LogP contribution in [0, 0.1) is 0 Å². The van der Waals surface area contributed by atoms with Crippen molar-refractivity contribution in [2.24, 2.45) is 0 Å². The molecule has 2 heterocycles. The lowest BCUT2D eigenvalue weighted by Crippen LogP contribution is -2.12. The standard InChI is InChI=1S/C13H9ClN4O2/c14-9-6-15-4-3-8(9)12(19)16-7-1-2-10-11(5-7)18-13(20)17-10/h1-6H,(H,16,19)(H2,17,18,20). The number of anilines is 1. The third-order valence-corrected chi connectivity index (χ3v) is 3.09. The Morgan fingerprint density at radius 3 is 2.80 bits per heavy atom. The molecule has 3 N–H and O–H groups in total. The summed E-state index contributed by atoms with van der Waals surface area (Å²) in [6, 6.07) is 6.60. The van der Waals surface area contributed by atoms with Gasteiger partial charge in [0.25, 0.3) is 5.91 Å². The van der Waals surface area contributed by atoms with Gasteiger partial charge in [-0.2, -0.15) is 0 Å². The largest absolute Gasteiger partial charge is 0.323 e. The quantitative estimate of drug-likeness (QED) is 0.675. The Kier molecular flexibility index (Phi) is 3.00. The van der Waals surface area contributed by atoms with Gasteiger partial charge in [-0.1, -0.05) is 11.6 Å². The first kappa shape index (κ1) is 12.4. The van der Waals surface area contributed by atoms with E-state index in [1.807, 2.05) is 0 Å². The molecule has 0 fully saturated rings. The molecule has 20 heavy (non-hydrogen) atoms. The molecule has 3 rings (SSSR count). The van der Waals surface area contributed by atoms with Gasteiger partial charge in [-0.15, -0.1) is 0 Å². The summed E-state index contributed by atoms with van der Waals surface area (Å²) in [5, 5.41) is 2.99. The second-order valence-corrected chi connectivity index (χ2v) is 4.56. The molecule has 0 aliphatic carbocycles. The average molecular weight is 289 g/mol. The second-order valence-electron chi connectivity index (χ2n) is 4.15.